The molecule has 0 spiro atoms. The largest absolute Gasteiger partial charge is 0.368 e. The summed E-state index contributed by atoms with van der Waals surface area (Å²) in [5.41, 5.74) is 12.2. The number of carbonyl (C=O) groups is 5. The number of piperazine rings is 1. The zero-order chi connectivity index (χ0) is 63.1. The highest BCUT2D eigenvalue weighted by molar-refractivity contribution is 7.98. The van der Waals surface area contributed by atoms with E-state index in [9.17, 15) is 24.0 Å². The van der Waals surface area contributed by atoms with E-state index in [1.165, 1.54) is 65.8 Å². The summed E-state index contributed by atoms with van der Waals surface area (Å²) in [6.07, 6.45) is 11.5. The molecular weight excluding hydrogens is 1190 g/mol. The van der Waals surface area contributed by atoms with Crippen molar-refractivity contribution in [2.75, 3.05) is 54.4 Å². The van der Waals surface area contributed by atoms with Gasteiger partial charge in [-0.1, -0.05) is 99.9 Å². The summed E-state index contributed by atoms with van der Waals surface area (Å²) < 4.78 is 6.21. The summed E-state index contributed by atoms with van der Waals surface area (Å²) in [6.45, 7) is 19.2. The SMILES string of the molecule is Cc1c(-c2ccc(N3CCc4cccc(C(=O)Nc5nc6ccccc6s5)c4C3)nc2C(=O)NSc2ccc(N3CCN(C(=O)NC(C(=O)N4CCCC4C)C(C)(C)C)CC3)cc2)cnn1CC1CCCCC1.Cc1ncsc1-c1ccc(C(C)NC=O)cc1. The Bertz CT molecular complexity index is 3810. The number of para-hydroxylation sites is 1. The Labute approximate surface area is 539 Å². The number of anilines is 3. The highest BCUT2D eigenvalue weighted by Gasteiger charge is 2.40. The van der Waals surface area contributed by atoms with Gasteiger partial charge in [0.05, 0.1) is 38.5 Å². The van der Waals surface area contributed by atoms with E-state index in [0.717, 1.165) is 86.8 Å². The van der Waals surface area contributed by atoms with E-state index in [2.05, 4.69) is 77.2 Å². The molecule has 4 aromatic heterocycles. The summed E-state index contributed by atoms with van der Waals surface area (Å²) in [4.78, 5) is 90.2. The number of aryl methyl sites for hydroxylation is 1. The number of hydrogen-bond donors (Lipinski definition) is 4. The Hall–Kier alpha value is -8.14. The number of pyridine rings is 1. The first-order valence-electron chi connectivity index (χ1n) is 31.4. The third-order valence-electron chi connectivity index (χ3n) is 18.0. The highest BCUT2D eigenvalue weighted by atomic mass is 32.2. The van der Waals surface area contributed by atoms with Gasteiger partial charge in [0.25, 0.3) is 11.8 Å². The van der Waals surface area contributed by atoms with Crippen LogP contribution in [-0.2, 0) is 29.1 Å². The topological polar surface area (TPSA) is 203 Å². The first-order valence-corrected chi connectivity index (χ1v) is 34.0. The van der Waals surface area contributed by atoms with Crippen molar-refractivity contribution < 1.29 is 24.0 Å². The summed E-state index contributed by atoms with van der Waals surface area (Å²) in [5, 5.41) is 14.3. The summed E-state index contributed by atoms with van der Waals surface area (Å²) in [5.74, 6) is 0.713. The monoisotopic (exact) mass is 1270 g/mol. The van der Waals surface area contributed by atoms with Crippen LogP contribution >= 0.6 is 34.6 Å². The van der Waals surface area contributed by atoms with Crippen LogP contribution in [0.5, 0.6) is 0 Å². The Morgan fingerprint density at radius 2 is 1.56 bits per heavy atom. The molecule has 4 N–H and O–H groups in total. The van der Waals surface area contributed by atoms with Gasteiger partial charge in [-0.05, 0) is 160 Å². The molecule has 2 saturated heterocycles. The van der Waals surface area contributed by atoms with Gasteiger partial charge in [-0.15, -0.1) is 11.3 Å². The quantitative estimate of drug-likeness (QED) is 0.0527. The molecule has 1 aliphatic carbocycles. The molecule has 18 nitrogen and oxygen atoms in total. The molecule has 3 atom stereocenters. The maximum Gasteiger partial charge on any atom is 0.318 e. The molecule has 12 rings (SSSR count). The van der Waals surface area contributed by atoms with E-state index in [4.69, 9.17) is 10.1 Å². The fraction of sp³-hybridized carbons (Fsp3) is 0.406. The first-order chi connectivity index (χ1) is 43.5. The van der Waals surface area contributed by atoms with Crippen molar-refractivity contribution in [2.45, 2.75) is 136 Å². The van der Waals surface area contributed by atoms with Crippen molar-refractivity contribution in [3.8, 4) is 21.6 Å². The number of urea groups is 1. The standard InChI is InChI=1S/C56H67N11O4S2.C13H14N2OS/c1-36-13-12-27-66(36)53(70)50(56(3,4)5)60-55(71)64-31-29-63(30-32-64)40-20-22-41(23-21-40)73-62-52(69)49-42(44-33-57-67(37(44)2)34-38-14-7-6-8-15-38)24-25-48(59-49)65-28-26-39-16-11-17-43(45(39)35-65)51(68)61-54-58-46-18-9-10-19-47(46)72-54;1-9(14-7-16)11-3-5-12(6-4-11)13-10(2)15-8-17-13/h9-11,16-25,33,36,38,50H,6-8,12-15,26-32,34-35H2,1-5H3,(H,60,71)(H,62,69)(H,58,61,68);3-9H,1-2H3,(H,14,16). The van der Waals surface area contributed by atoms with Crippen LogP contribution in [0.15, 0.2) is 120 Å². The van der Waals surface area contributed by atoms with Gasteiger partial charge in [-0.25, -0.2) is 19.7 Å². The van der Waals surface area contributed by atoms with E-state index < -0.39 is 11.5 Å². The van der Waals surface area contributed by atoms with Crippen molar-refractivity contribution in [2.24, 2.45) is 11.3 Å². The van der Waals surface area contributed by atoms with Crippen LogP contribution in [0.1, 0.15) is 135 Å². The molecule has 470 valence electrons. The van der Waals surface area contributed by atoms with Gasteiger partial charge in [-0.3, -0.25) is 33.9 Å². The van der Waals surface area contributed by atoms with Gasteiger partial charge in [0.2, 0.25) is 12.3 Å². The number of hydrogen-bond acceptors (Lipinski definition) is 14. The van der Waals surface area contributed by atoms with Crippen LogP contribution in [0.3, 0.4) is 0 Å². The predicted octanol–water partition coefficient (Wildman–Crippen LogP) is 12.9. The second-order valence-corrected chi connectivity index (χ2v) is 27.9. The molecule has 3 unspecified atom stereocenters. The van der Waals surface area contributed by atoms with E-state index >= 15 is 0 Å². The normalized spacial score (nSPS) is 16.8. The third kappa shape index (κ3) is 14.7. The van der Waals surface area contributed by atoms with Gasteiger partial charge < -0.3 is 30.2 Å². The minimum Gasteiger partial charge on any atom is -0.368 e. The first kappa shape index (κ1) is 63.4. The molecule has 8 aromatic rings. The lowest BCUT2D eigenvalue weighted by Crippen LogP contribution is -2.60. The van der Waals surface area contributed by atoms with Gasteiger partial charge in [0, 0.05) is 91.4 Å². The molecular formula is C69H81N13O5S3. The molecule has 0 radical (unpaired) electrons. The zero-order valence-electron chi connectivity index (χ0n) is 52.5. The van der Waals surface area contributed by atoms with Crippen molar-refractivity contribution in [3.63, 3.8) is 0 Å². The molecule has 90 heavy (non-hydrogen) atoms. The van der Waals surface area contributed by atoms with Crippen molar-refractivity contribution in [1.82, 2.24) is 49.9 Å². The number of carbonyl (C=O) groups excluding carboxylic acids is 5. The van der Waals surface area contributed by atoms with Crippen molar-refractivity contribution >= 4 is 91.6 Å². The van der Waals surface area contributed by atoms with Crippen LogP contribution < -0.4 is 30.5 Å². The lowest BCUT2D eigenvalue weighted by Gasteiger charge is -2.39. The van der Waals surface area contributed by atoms with Crippen LogP contribution in [0.4, 0.5) is 21.4 Å². The number of aromatic nitrogens is 5. The number of likely N-dealkylation sites (tertiary alicyclic amines) is 1. The molecule has 1 saturated carbocycles. The van der Waals surface area contributed by atoms with Crippen LogP contribution in [-0.4, -0.2) is 116 Å². The minimum absolute atomic E-state index is 0.0000340. The average molecular weight is 1270 g/mol. The maximum atomic E-state index is 14.5. The number of thiazole rings is 2. The Morgan fingerprint density at radius 3 is 2.26 bits per heavy atom. The van der Waals surface area contributed by atoms with Crippen LogP contribution in [0, 0.1) is 25.2 Å². The number of fused-ring (bicyclic) bond motifs is 2. The fourth-order valence-electron chi connectivity index (χ4n) is 12.6. The minimum atomic E-state index is -0.603. The van der Waals surface area contributed by atoms with Gasteiger partial charge in [0.1, 0.15) is 17.6 Å². The van der Waals surface area contributed by atoms with Gasteiger partial charge in [-0.2, -0.15) is 5.10 Å². The zero-order valence-corrected chi connectivity index (χ0v) is 54.9. The summed E-state index contributed by atoms with van der Waals surface area (Å²) in [7, 11) is 0. The number of rotatable bonds is 16. The second-order valence-electron chi connectivity index (χ2n) is 25.1. The van der Waals surface area contributed by atoms with Crippen molar-refractivity contribution in [1.29, 1.82) is 0 Å². The molecule has 6 amide bonds. The molecule has 21 heteroatoms. The smallest absolute Gasteiger partial charge is 0.318 e. The number of amides is 6. The van der Waals surface area contributed by atoms with E-state index in [1.54, 1.807) is 11.3 Å². The lowest BCUT2D eigenvalue weighted by atomic mass is 9.85. The number of nitrogens with zero attached hydrogens (tertiary/aromatic N) is 9. The molecule has 3 fully saturated rings. The van der Waals surface area contributed by atoms with E-state index in [-0.39, 0.29) is 35.8 Å². The lowest BCUT2D eigenvalue weighted by molar-refractivity contribution is -0.136. The molecule has 3 aliphatic heterocycles. The number of nitrogens with one attached hydrogen (secondary N) is 4. The van der Waals surface area contributed by atoms with Crippen LogP contribution in [0.2, 0.25) is 0 Å². The molecule has 4 aliphatic rings. The maximum absolute atomic E-state index is 14.5. The predicted molar refractivity (Wildman–Crippen MR) is 361 cm³/mol. The van der Waals surface area contributed by atoms with E-state index in [1.807, 2.05) is 141 Å². The third-order valence-corrected chi connectivity index (χ3v) is 20.7. The van der Waals surface area contributed by atoms with Crippen LogP contribution in [0.25, 0.3) is 31.8 Å². The van der Waals surface area contributed by atoms with Crippen molar-refractivity contribution in [3.05, 3.63) is 154 Å². The highest BCUT2D eigenvalue weighted by Crippen LogP contribution is 2.36. The summed E-state index contributed by atoms with van der Waals surface area (Å²) in [6, 6.07) is 33.4. The Morgan fingerprint density at radius 1 is 0.789 bits per heavy atom. The molecule has 7 heterocycles. The average Bonchev–Trinajstić information content (AvgIpc) is 1.47. The van der Waals surface area contributed by atoms with E-state index in [0.29, 0.717) is 79.4 Å². The Kier molecular flexibility index (Phi) is 20.0. The fourth-order valence-corrected chi connectivity index (χ4v) is 14.9. The van der Waals surface area contributed by atoms with Gasteiger partial charge in [0.15, 0.2) is 5.13 Å². The van der Waals surface area contributed by atoms with Gasteiger partial charge >= 0.3 is 6.03 Å². The second kappa shape index (κ2) is 28.4. The molecule has 4 aromatic carbocycles. The summed E-state index contributed by atoms with van der Waals surface area (Å²) >= 11 is 4.34. The number of benzene rings is 4. The molecule has 0 bridgehead atoms. The Balaban J connectivity index is 0.000000423.